The van der Waals surface area contributed by atoms with Crippen LogP contribution in [-0.4, -0.2) is 31.8 Å². The van der Waals surface area contributed by atoms with E-state index in [1.54, 1.807) is 36.4 Å². The van der Waals surface area contributed by atoms with Gasteiger partial charge in [0.1, 0.15) is 57.7 Å². The van der Waals surface area contributed by atoms with Crippen molar-refractivity contribution in [3.8, 4) is 46.0 Å². The van der Waals surface area contributed by atoms with Crippen LogP contribution in [0, 0.1) is 5.92 Å². The van der Waals surface area contributed by atoms with Gasteiger partial charge in [0, 0.05) is 47.1 Å². The molecule has 48 heavy (non-hydrogen) atoms. The molecule has 4 heterocycles. The molecule has 0 radical (unpaired) electrons. The lowest BCUT2D eigenvalue weighted by Gasteiger charge is -2.55. The summed E-state index contributed by atoms with van der Waals surface area (Å²) in [6.07, 6.45) is 7.28. The summed E-state index contributed by atoms with van der Waals surface area (Å²) in [4.78, 5) is 0. The van der Waals surface area contributed by atoms with Gasteiger partial charge < -0.3 is 39.4 Å². The predicted molar refractivity (Wildman–Crippen MR) is 178 cm³/mol. The number of phenols is 4. The van der Waals surface area contributed by atoms with Gasteiger partial charge >= 0.3 is 0 Å². The van der Waals surface area contributed by atoms with Crippen molar-refractivity contribution < 1.29 is 39.4 Å². The predicted octanol–water partition coefficient (Wildman–Crippen LogP) is 7.93. The van der Waals surface area contributed by atoms with E-state index in [0.29, 0.717) is 40.5 Å². The van der Waals surface area contributed by atoms with Gasteiger partial charge in [-0.1, -0.05) is 29.8 Å². The number of benzene rings is 4. The van der Waals surface area contributed by atoms with E-state index in [9.17, 15) is 20.4 Å². The number of aromatic hydroxyl groups is 4. The third kappa shape index (κ3) is 4.35. The molecule has 5 atom stereocenters. The molecule has 244 valence electrons. The van der Waals surface area contributed by atoms with E-state index in [-0.39, 0.29) is 53.3 Å². The van der Waals surface area contributed by atoms with Crippen LogP contribution in [0.4, 0.5) is 0 Å². The largest absolute Gasteiger partial charge is 0.508 e. The first-order chi connectivity index (χ1) is 23.0. The Bertz CT molecular complexity index is 2090. The summed E-state index contributed by atoms with van der Waals surface area (Å²) in [5.74, 6) is 0.940. The maximum atomic E-state index is 11.8. The van der Waals surface area contributed by atoms with Gasteiger partial charge in [0.25, 0.3) is 5.79 Å². The quantitative estimate of drug-likeness (QED) is 0.166. The van der Waals surface area contributed by atoms with Gasteiger partial charge in [-0.15, -0.1) is 0 Å². The lowest BCUT2D eigenvalue weighted by Crippen LogP contribution is -2.60. The lowest BCUT2D eigenvalue weighted by molar-refractivity contribution is -0.187. The molecular weight excluding hydrogens is 608 g/mol. The summed E-state index contributed by atoms with van der Waals surface area (Å²) in [6.45, 7) is 6.06. The third-order valence-electron chi connectivity index (χ3n) is 10.6. The number of ether oxygens (including phenoxy) is 4. The number of fused-ring (bicyclic) bond motifs is 6. The average Bonchev–Trinajstić information content (AvgIpc) is 3.45. The molecule has 0 saturated heterocycles. The van der Waals surface area contributed by atoms with Gasteiger partial charge in [-0.3, -0.25) is 0 Å². The van der Waals surface area contributed by atoms with Crippen molar-refractivity contribution in [3.05, 3.63) is 112 Å². The topological polar surface area (TPSA) is 118 Å². The Labute approximate surface area is 278 Å². The van der Waals surface area contributed by atoms with E-state index in [4.69, 9.17) is 18.9 Å². The fourth-order valence-electron chi connectivity index (χ4n) is 8.53. The fraction of sp³-hybridized carbons (Fsp3) is 0.300. The maximum absolute atomic E-state index is 11.8. The molecule has 4 aromatic carbocycles. The smallest absolute Gasteiger partial charge is 0.259 e. The van der Waals surface area contributed by atoms with Gasteiger partial charge in [-0.05, 0) is 80.8 Å². The second kappa shape index (κ2) is 9.89. The highest BCUT2D eigenvalue weighted by atomic mass is 16.7. The van der Waals surface area contributed by atoms with Gasteiger partial charge in [0.15, 0.2) is 0 Å². The first-order valence-electron chi connectivity index (χ1n) is 16.4. The van der Waals surface area contributed by atoms with Gasteiger partial charge in [-0.25, -0.2) is 0 Å². The van der Waals surface area contributed by atoms with Crippen LogP contribution < -0.4 is 18.9 Å². The highest BCUT2D eigenvalue weighted by Gasteiger charge is 2.60. The normalized spacial score (nSPS) is 26.6. The van der Waals surface area contributed by atoms with Crippen molar-refractivity contribution >= 4 is 6.08 Å². The minimum Gasteiger partial charge on any atom is -0.508 e. The molecule has 8 heteroatoms. The molecule has 4 N–H and O–H groups in total. The molecule has 0 saturated carbocycles. The van der Waals surface area contributed by atoms with E-state index in [1.807, 2.05) is 50.3 Å². The Kier molecular flexibility index (Phi) is 5.96. The maximum Gasteiger partial charge on any atom is 0.259 e. The lowest BCUT2D eigenvalue weighted by atomic mass is 9.61. The van der Waals surface area contributed by atoms with Crippen molar-refractivity contribution in [2.24, 2.45) is 5.92 Å². The number of hydrogen-bond donors (Lipinski definition) is 4. The number of hydrogen-bond acceptors (Lipinski definition) is 8. The Hall–Kier alpha value is -5.24. The van der Waals surface area contributed by atoms with E-state index < -0.39 is 11.4 Å². The molecule has 0 aromatic heterocycles. The number of phenolic OH excluding ortho intramolecular Hbond substituents is 4. The second-order valence-corrected chi connectivity index (χ2v) is 14.4. The van der Waals surface area contributed by atoms with E-state index in [0.717, 1.165) is 28.7 Å². The standard InChI is InChI=1S/C40H36O8/c1-20-12-28-26-8-7-25(42)18-34(26)46-40(19-22-5-9-30(43)27-10-11-39(2,3)48-38(22)27)37(28)29(13-20)36-31(44)14-23(16-35(36)47-40)32-15-21-4-6-24(41)17-33(21)45-32/h4-11,13-14,16-18,28-29,32,37,41-44H,12,15,19H2,1-3H3/t28-,29+,32+,37+,40-/m1/s1. The van der Waals surface area contributed by atoms with E-state index >= 15 is 0 Å². The van der Waals surface area contributed by atoms with Crippen LogP contribution in [0.25, 0.3) is 6.08 Å². The molecule has 8 nitrogen and oxygen atoms in total. The summed E-state index contributed by atoms with van der Waals surface area (Å²) >= 11 is 0. The van der Waals surface area contributed by atoms with Crippen LogP contribution >= 0.6 is 0 Å². The van der Waals surface area contributed by atoms with Gasteiger partial charge in [-0.2, -0.15) is 0 Å². The Balaban J connectivity index is 1.21. The van der Waals surface area contributed by atoms with Gasteiger partial charge in [0.05, 0.1) is 17.9 Å². The molecule has 4 aromatic rings. The molecular formula is C40H36O8. The monoisotopic (exact) mass is 644 g/mol. The van der Waals surface area contributed by atoms with Gasteiger partial charge in [0.2, 0.25) is 0 Å². The summed E-state index contributed by atoms with van der Waals surface area (Å²) in [5.41, 5.74) is 5.43. The van der Waals surface area contributed by atoms with Crippen molar-refractivity contribution in [1.82, 2.24) is 0 Å². The zero-order valence-corrected chi connectivity index (χ0v) is 26.9. The summed E-state index contributed by atoms with van der Waals surface area (Å²) in [6, 6.07) is 17.6. The van der Waals surface area contributed by atoms with Crippen LogP contribution in [0.15, 0.2) is 78.4 Å². The first kappa shape index (κ1) is 28.9. The fourth-order valence-corrected chi connectivity index (χ4v) is 8.53. The molecule has 0 bridgehead atoms. The molecule has 0 unspecified atom stereocenters. The molecule has 1 aliphatic carbocycles. The number of allylic oxidation sites excluding steroid dienone is 2. The minimum atomic E-state index is -1.27. The molecule has 4 aliphatic heterocycles. The van der Waals surface area contributed by atoms with Crippen molar-refractivity contribution in [1.29, 1.82) is 0 Å². The SMILES string of the molecule is CC1=C[C@H]2c3c(O)cc([C@@H]4Cc5ccc(O)cc5O4)cc3O[C@@]3(Cc4ccc(O)c5c4OC(C)(C)C=C5)Oc4cc(O)ccc4[C@@H](C1)[C@@H]23. The van der Waals surface area contributed by atoms with Crippen LogP contribution in [0.2, 0.25) is 0 Å². The molecule has 5 aliphatic rings. The Morgan fingerprint density at radius 1 is 0.792 bits per heavy atom. The van der Waals surface area contributed by atoms with Crippen LogP contribution in [0.1, 0.15) is 78.5 Å². The minimum absolute atomic E-state index is 0.0258. The van der Waals surface area contributed by atoms with E-state index in [2.05, 4.69) is 13.0 Å². The number of rotatable bonds is 3. The summed E-state index contributed by atoms with van der Waals surface area (Å²) < 4.78 is 26.8. The molecule has 0 spiro atoms. The van der Waals surface area contributed by atoms with Crippen LogP contribution in [-0.2, 0) is 12.8 Å². The third-order valence-corrected chi connectivity index (χ3v) is 10.6. The van der Waals surface area contributed by atoms with Crippen LogP contribution in [0.3, 0.4) is 0 Å². The summed E-state index contributed by atoms with van der Waals surface area (Å²) in [7, 11) is 0. The molecule has 0 amide bonds. The summed E-state index contributed by atoms with van der Waals surface area (Å²) in [5, 5.41) is 43.2. The zero-order valence-electron chi connectivity index (χ0n) is 26.9. The van der Waals surface area contributed by atoms with Crippen molar-refractivity contribution in [3.63, 3.8) is 0 Å². The Morgan fingerprint density at radius 3 is 2.40 bits per heavy atom. The Morgan fingerprint density at radius 2 is 1.56 bits per heavy atom. The van der Waals surface area contributed by atoms with Crippen molar-refractivity contribution in [2.75, 3.05) is 0 Å². The zero-order chi connectivity index (χ0) is 33.1. The van der Waals surface area contributed by atoms with Crippen LogP contribution in [0.5, 0.6) is 46.0 Å². The highest BCUT2D eigenvalue weighted by molar-refractivity contribution is 5.69. The molecule has 0 fully saturated rings. The first-order valence-corrected chi connectivity index (χ1v) is 16.4. The van der Waals surface area contributed by atoms with E-state index in [1.165, 1.54) is 5.57 Å². The van der Waals surface area contributed by atoms with Crippen molar-refractivity contribution in [2.45, 2.75) is 69.4 Å². The average molecular weight is 645 g/mol. The highest BCUT2D eigenvalue weighted by Crippen LogP contribution is 2.63. The second-order valence-electron chi connectivity index (χ2n) is 14.4. The molecule has 9 rings (SSSR count).